The molecule has 7 heteroatoms. The number of hydrogen-bond acceptors (Lipinski definition) is 3. The zero-order valence-electron chi connectivity index (χ0n) is 8.85. The SMILES string of the molecule is FC(F)(F)c1cc(-c2cnc3ccnn3c2)cs1. The van der Waals surface area contributed by atoms with Crippen molar-refractivity contribution in [1.29, 1.82) is 0 Å². The van der Waals surface area contributed by atoms with Crippen LogP contribution < -0.4 is 0 Å². The Labute approximate surface area is 104 Å². The first-order chi connectivity index (χ1) is 8.54. The van der Waals surface area contributed by atoms with Crippen molar-refractivity contribution in [2.75, 3.05) is 0 Å². The zero-order valence-corrected chi connectivity index (χ0v) is 9.66. The Morgan fingerprint density at radius 3 is 2.78 bits per heavy atom. The van der Waals surface area contributed by atoms with Crippen LogP contribution in [-0.4, -0.2) is 14.6 Å². The lowest BCUT2D eigenvalue weighted by atomic mass is 10.2. The Morgan fingerprint density at radius 2 is 2.06 bits per heavy atom. The van der Waals surface area contributed by atoms with Crippen molar-refractivity contribution < 1.29 is 13.2 Å². The molecule has 0 saturated heterocycles. The lowest BCUT2D eigenvalue weighted by Gasteiger charge is -2.01. The summed E-state index contributed by atoms with van der Waals surface area (Å²) in [6.45, 7) is 0. The Balaban J connectivity index is 2.06. The number of aromatic nitrogens is 3. The van der Waals surface area contributed by atoms with E-state index in [-0.39, 0.29) is 0 Å². The first kappa shape index (κ1) is 11.2. The molecule has 3 rings (SSSR count). The van der Waals surface area contributed by atoms with Crippen LogP contribution in [0.1, 0.15) is 4.88 Å². The van der Waals surface area contributed by atoms with E-state index in [1.807, 2.05) is 0 Å². The van der Waals surface area contributed by atoms with Gasteiger partial charge in [-0.3, -0.25) is 0 Å². The number of rotatable bonds is 1. The summed E-state index contributed by atoms with van der Waals surface area (Å²) in [7, 11) is 0. The summed E-state index contributed by atoms with van der Waals surface area (Å²) in [4.78, 5) is 3.50. The van der Waals surface area contributed by atoms with Crippen LogP contribution in [0, 0.1) is 0 Å². The lowest BCUT2D eigenvalue weighted by Crippen LogP contribution is -2.00. The van der Waals surface area contributed by atoms with E-state index in [0.29, 0.717) is 28.1 Å². The molecule has 0 radical (unpaired) electrons. The van der Waals surface area contributed by atoms with Crippen LogP contribution >= 0.6 is 11.3 Å². The third-order valence-corrected chi connectivity index (χ3v) is 3.43. The highest BCUT2D eigenvalue weighted by molar-refractivity contribution is 7.10. The van der Waals surface area contributed by atoms with Gasteiger partial charge in [0.15, 0.2) is 5.65 Å². The molecule has 0 N–H and O–H groups in total. The molecule has 3 heterocycles. The van der Waals surface area contributed by atoms with Crippen LogP contribution in [0.25, 0.3) is 16.8 Å². The maximum atomic E-state index is 12.5. The molecule has 18 heavy (non-hydrogen) atoms. The molecule has 0 aliphatic rings. The summed E-state index contributed by atoms with van der Waals surface area (Å²) >= 11 is 0.676. The van der Waals surface area contributed by atoms with Gasteiger partial charge < -0.3 is 0 Å². The average Bonchev–Trinajstić information content (AvgIpc) is 2.96. The second-order valence-corrected chi connectivity index (χ2v) is 4.59. The molecule has 0 unspecified atom stereocenters. The third kappa shape index (κ3) is 1.86. The Hall–Kier alpha value is -1.89. The molecule has 0 amide bonds. The fourth-order valence-corrected chi connectivity index (χ4v) is 2.38. The molecule has 0 aliphatic carbocycles. The summed E-state index contributed by atoms with van der Waals surface area (Å²) < 4.78 is 39.0. The van der Waals surface area contributed by atoms with E-state index in [1.54, 1.807) is 24.7 Å². The van der Waals surface area contributed by atoms with Crippen LogP contribution in [0.3, 0.4) is 0 Å². The molecule has 92 valence electrons. The molecular weight excluding hydrogens is 263 g/mol. The van der Waals surface area contributed by atoms with Gasteiger partial charge >= 0.3 is 6.18 Å². The van der Waals surface area contributed by atoms with Crippen LogP contribution in [0.4, 0.5) is 13.2 Å². The van der Waals surface area contributed by atoms with E-state index in [9.17, 15) is 13.2 Å². The van der Waals surface area contributed by atoms with Gasteiger partial charge in [0.05, 0.1) is 6.20 Å². The summed E-state index contributed by atoms with van der Waals surface area (Å²) in [5.74, 6) is 0. The Morgan fingerprint density at radius 1 is 1.22 bits per heavy atom. The summed E-state index contributed by atoms with van der Waals surface area (Å²) in [5.41, 5.74) is 1.76. The van der Waals surface area contributed by atoms with Crippen molar-refractivity contribution in [1.82, 2.24) is 14.6 Å². The fourth-order valence-electron chi connectivity index (χ4n) is 1.60. The number of thiophene rings is 1. The summed E-state index contributed by atoms with van der Waals surface area (Å²) in [6.07, 6.45) is 0.483. The normalized spacial score (nSPS) is 12.2. The number of fused-ring (bicyclic) bond motifs is 1. The molecule has 0 saturated carbocycles. The van der Waals surface area contributed by atoms with Crippen LogP contribution in [-0.2, 0) is 6.18 Å². The highest BCUT2D eigenvalue weighted by Crippen LogP contribution is 2.36. The minimum Gasteiger partial charge on any atom is -0.236 e. The molecule has 3 aromatic heterocycles. The smallest absolute Gasteiger partial charge is 0.236 e. The van der Waals surface area contributed by atoms with Crippen LogP contribution in [0.5, 0.6) is 0 Å². The predicted molar refractivity (Wildman–Crippen MR) is 61.3 cm³/mol. The standard InChI is InChI=1S/C11H6F3N3S/c12-11(13,14)9-3-7(6-18-9)8-4-15-10-1-2-16-17(10)5-8/h1-6H. The maximum absolute atomic E-state index is 12.5. The van der Waals surface area contributed by atoms with Gasteiger partial charge in [-0.2, -0.15) is 18.3 Å². The van der Waals surface area contributed by atoms with E-state index < -0.39 is 11.1 Å². The molecule has 3 nitrogen and oxygen atoms in total. The van der Waals surface area contributed by atoms with Gasteiger partial charge in [0.1, 0.15) is 4.88 Å². The Kier molecular flexibility index (Phi) is 2.37. The minimum absolute atomic E-state index is 0.497. The quantitative estimate of drug-likeness (QED) is 0.677. The van der Waals surface area contributed by atoms with Gasteiger partial charge in [0.25, 0.3) is 0 Å². The summed E-state index contributed by atoms with van der Waals surface area (Å²) in [5, 5.41) is 5.46. The van der Waals surface area contributed by atoms with Crippen LogP contribution in [0.2, 0.25) is 0 Å². The zero-order chi connectivity index (χ0) is 12.8. The molecule has 0 fully saturated rings. The van der Waals surface area contributed by atoms with Gasteiger partial charge in [-0.25, -0.2) is 9.50 Å². The molecule has 0 aromatic carbocycles. The van der Waals surface area contributed by atoms with Crippen molar-refractivity contribution in [3.05, 3.63) is 41.0 Å². The Bertz CT molecular complexity index is 699. The minimum atomic E-state index is -4.30. The largest absolute Gasteiger partial charge is 0.425 e. The van der Waals surface area contributed by atoms with Crippen molar-refractivity contribution >= 4 is 17.0 Å². The van der Waals surface area contributed by atoms with Gasteiger partial charge in [-0.15, -0.1) is 11.3 Å². The average molecular weight is 269 g/mol. The van der Waals surface area contributed by atoms with Gasteiger partial charge in [-0.05, 0) is 17.0 Å². The van der Waals surface area contributed by atoms with Gasteiger partial charge in [0, 0.05) is 24.0 Å². The highest BCUT2D eigenvalue weighted by Gasteiger charge is 2.32. The van der Waals surface area contributed by atoms with Crippen molar-refractivity contribution in [3.8, 4) is 11.1 Å². The van der Waals surface area contributed by atoms with E-state index in [1.165, 1.54) is 9.90 Å². The lowest BCUT2D eigenvalue weighted by molar-refractivity contribution is -0.134. The van der Waals surface area contributed by atoms with Crippen molar-refractivity contribution in [2.24, 2.45) is 0 Å². The summed E-state index contributed by atoms with van der Waals surface area (Å²) in [6, 6.07) is 2.84. The second kappa shape index (κ2) is 3.81. The molecule has 0 aliphatic heterocycles. The first-order valence-electron chi connectivity index (χ1n) is 4.99. The van der Waals surface area contributed by atoms with Gasteiger partial charge in [0.2, 0.25) is 0 Å². The number of nitrogens with zero attached hydrogens (tertiary/aromatic N) is 3. The van der Waals surface area contributed by atoms with Gasteiger partial charge in [-0.1, -0.05) is 0 Å². The van der Waals surface area contributed by atoms with E-state index in [0.717, 1.165) is 6.07 Å². The maximum Gasteiger partial charge on any atom is 0.425 e. The monoisotopic (exact) mass is 269 g/mol. The highest BCUT2D eigenvalue weighted by atomic mass is 32.1. The number of halogens is 3. The van der Waals surface area contributed by atoms with E-state index in [2.05, 4.69) is 10.1 Å². The molecule has 0 bridgehead atoms. The molecule has 0 atom stereocenters. The topological polar surface area (TPSA) is 30.2 Å². The van der Waals surface area contributed by atoms with Crippen LogP contribution in [0.15, 0.2) is 36.1 Å². The number of hydrogen-bond donors (Lipinski definition) is 0. The molecule has 3 aromatic rings. The van der Waals surface area contributed by atoms with E-state index >= 15 is 0 Å². The molecule has 0 spiro atoms. The molecular formula is C11H6F3N3S. The predicted octanol–water partition coefficient (Wildman–Crippen LogP) is 3.48. The second-order valence-electron chi connectivity index (χ2n) is 3.67. The van der Waals surface area contributed by atoms with E-state index in [4.69, 9.17) is 0 Å². The third-order valence-electron chi connectivity index (χ3n) is 2.46. The number of alkyl halides is 3. The van der Waals surface area contributed by atoms with Crippen molar-refractivity contribution in [3.63, 3.8) is 0 Å². The first-order valence-corrected chi connectivity index (χ1v) is 5.87. The van der Waals surface area contributed by atoms with Crippen molar-refractivity contribution in [2.45, 2.75) is 6.18 Å². The fraction of sp³-hybridized carbons (Fsp3) is 0.0909.